The highest BCUT2D eigenvalue weighted by molar-refractivity contribution is 5.76. The predicted octanol–water partition coefficient (Wildman–Crippen LogP) is 3.44. The van der Waals surface area contributed by atoms with Crippen LogP contribution in [0.15, 0.2) is 65.6 Å². The first-order chi connectivity index (χ1) is 14.9. The Kier molecular flexibility index (Phi) is 5.81. The highest BCUT2D eigenvalue weighted by Gasteiger charge is 2.20. The molecule has 0 spiro atoms. The molecular weight excluding hydrogens is 397 g/mol. The van der Waals surface area contributed by atoms with Gasteiger partial charge < -0.3 is 10.0 Å². The van der Waals surface area contributed by atoms with Gasteiger partial charge in [-0.3, -0.25) is 9.78 Å². The number of benzene rings is 2. The second-order valence-corrected chi connectivity index (χ2v) is 7.88. The molecule has 2 heterocycles. The number of aromatic nitrogens is 4. The SMILES string of the molecule is CC(C)CN(C[C@H](O)c1ccc(F)cc1)c1nc2c(cnn2-c2ccccc2)c(=O)[nH]1. The van der Waals surface area contributed by atoms with E-state index >= 15 is 0 Å². The molecule has 0 unspecified atom stereocenters. The van der Waals surface area contributed by atoms with Crippen LogP contribution in [0, 0.1) is 11.7 Å². The molecule has 0 bridgehead atoms. The molecule has 2 N–H and O–H groups in total. The first-order valence-corrected chi connectivity index (χ1v) is 10.1. The molecular formula is C23H24FN5O2. The number of rotatable bonds is 7. The molecule has 7 nitrogen and oxygen atoms in total. The van der Waals surface area contributed by atoms with Crippen LogP contribution in [0.3, 0.4) is 0 Å². The summed E-state index contributed by atoms with van der Waals surface area (Å²) in [7, 11) is 0. The Morgan fingerprint density at radius 3 is 2.48 bits per heavy atom. The third-order valence-electron chi connectivity index (χ3n) is 4.96. The van der Waals surface area contributed by atoms with E-state index in [0.717, 1.165) is 5.69 Å². The maximum Gasteiger partial charge on any atom is 0.263 e. The lowest BCUT2D eigenvalue weighted by Crippen LogP contribution is -2.34. The Morgan fingerprint density at radius 1 is 1.10 bits per heavy atom. The van der Waals surface area contributed by atoms with Gasteiger partial charge in [0.1, 0.15) is 11.2 Å². The van der Waals surface area contributed by atoms with E-state index in [2.05, 4.69) is 15.1 Å². The summed E-state index contributed by atoms with van der Waals surface area (Å²) in [6.07, 6.45) is 0.623. The van der Waals surface area contributed by atoms with Crippen LogP contribution in [-0.2, 0) is 0 Å². The second-order valence-electron chi connectivity index (χ2n) is 7.88. The van der Waals surface area contributed by atoms with Crippen molar-refractivity contribution in [2.45, 2.75) is 20.0 Å². The summed E-state index contributed by atoms with van der Waals surface area (Å²) in [4.78, 5) is 22.1. The van der Waals surface area contributed by atoms with Crippen molar-refractivity contribution in [2.75, 3.05) is 18.0 Å². The molecule has 160 valence electrons. The smallest absolute Gasteiger partial charge is 0.263 e. The van der Waals surface area contributed by atoms with Gasteiger partial charge in [-0.05, 0) is 35.7 Å². The fraction of sp³-hybridized carbons (Fsp3) is 0.261. The average Bonchev–Trinajstić information content (AvgIpc) is 3.18. The Balaban J connectivity index is 1.73. The van der Waals surface area contributed by atoms with Gasteiger partial charge in [0, 0.05) is 6.54 Å². The summed E-state index contributed by atoms with van der Waals surface area (Å²) in [6.45, 7) is 4.84. The largest absolute Gasteiger partial charge is 0.387 e. The number of hydrogen-bond donors (Lipinski definition) is 2. The number of aliphatic hydroxyl groups excluding tert-OH is 1. The van der Waals surface area contributed by atoms with Crippen LogP contribution in [0.25, 0.3) is 16.7 Å². The number of nitrogens with one attached hydrogen (secondary N) is 1. The molecule has 2 aromatic carbocycles. The molecule has 4 rings (SSSR count). The van der Waals surface area contributed by atoms with E-state index in [9.17, 15) is 14.3 Å². The molecule has 8 heteroatoms. The minimum absolute atomic E-state index is 0.192. The van der Waals surface area contributed by atoms with E-state index in [4.69, 9.17) is 0 Å². The lowest BCUT2D eigenvalue weighted by atomic mass is 10.1. The summed E-state index contributed by atoms with van der Waals surface area (Å²) in [6, 6.07) is 15.2. The van der Waals surface area contributed by atoms with E-state index in [1.54, 1.807) is 16.8 Å². The van der Waals surface area contributed by atoms with Crippen molar-refractivity contribution in [1.82, 2.24) is 19.7 Å². The van der Waals surface area contributed by atoms with Crippen LogP contribution in [0.1, 0.15) is 25.5 Å². The predicted molar refractivity (Wildman–Crippen MR) is 118 cm³/mol. The van der Waals surface area contributed by atoms with E-state index in [1.807, 2.05) is 49.1 Å². The molecule has 0 radical (unpaired) electrons. The number of halogens is 1. The molecule has 0 fully saturated rings. The number of nitrogens with zero attached hydrogens (tertiary/aromatic N) is 4. The number of aromatic amines is 1. The Morgan fingerprint density at radius 2 is 1.81 bits per heavy atom. The first kappa shape index (κ1) is 20.7. The summed E-state index contributed by atoms with van der Waals surface area (Å²) in [5.41, 5.74) is 1.53. The van der Waals surface area contributed by atoms with E-state index in [-0.39, 0.29) is 23.8 Å². The molecule has 0 amide bonds. The van der Waals surface area contributed by atoms with Gasteiger partial charge >= 0.3 is 0 Å². The van der Waals surface area contributed by atoms with Gasteiger partial charge in [-0.25, -0.2) is 9.07 Å². The monoisotopic (exact) mass is 421 g/mol. The molecule has 4 aromatic rings. The van der Waals surface area contributed by atoms with Crippen molar-refractivity contribution in [1.29, 1.82) is 0 Å². The highest BCUT2D eigenvalue weighted by Crippen LogP contribution is 2.21. The highest BCUT2D eigenvalue weighted by atomic mass is 19.1. The number of fused-ring (bicyclic) bond motifs is 1. The fourth-order valence-electron chi connectivity index (χ4n) is 3.50. The van der Waals surface area contributed by atoms with Crippen molar-refractivity contribution >= 4 is 17.0 Å². The van der Waals surface area contributed by atoms with Gasteiger partial charge in [-0.15, -0.1) is 0 Å². The third-order valence-corrected chi connectivity index (χ3v) is 4.96. The molecule has 0 aliphatic carbocycles. The van der Waals surface area contributed by atoms with E-state index in [1.165, 1.54) is 18.3 Å². The summed E-state index contributed by atoms with van der Waals surface area (Å²) >= 11 is 0. The quantitative estimate of drug-likeness (QED) is 0.477. The first-order valence-electron chi connectivity index (χ1n) is 10.1. The lowest BCUT2D eigenvalue weighted by Gasteiger charge is -2.27. The minimum Gasteiger partial charge on any atom is -0.387 e. The Hall–Kier alpha value is -3.52. The molecule has 0 aliphatic rings. The number of para-hydroxylation sites is 1. The zero-order valence-electron chi connectivity index (χ0n) is 17.4. The van der Waals surface area contributed by atoms with Crippen LogP contribution >= 0.6 is 0 Å². The van der Waals surface area contributed by atoms with Crippen LogP contribution in [0.5, 0.6) is 0 Å². The van der Waals surface area contributed by atoms with Crippen LogP contribution in [0.4, 0.5) is 10.3 Å². The zero-order valence-corrected chi connectivity index (χ0v) is 17.4. The van der Waals surface area contributed by atoms with Crippen molar-refractivity contribution in [3.8, 4) is 5.69 Å². The molecule has 1 atom stereocenters. The van der Waals surface area contributed by atoms with Gasteiger partial charge in [0.25, 0.3) is 5.56 Å². The van der Waals surface area contributed by atoms with Crippen molar-refractivity contribution < 1.29 is 9.50 Å². The van der Waals surface area contributed by atoms with Gasteiger partial charge in [0.2, 0.25) is 5.95 Å². The van der Waals surface area contributed by atoms with Gasteiger partial charge in [-0.2, -0.15) is 10.1 Å². The maximum atomic E-state index is 13.2. The van der Waals surface area contributed by atoms with Gasteiger partial charge in [0.05, 0.1) is 24.5 Å². The topological polar surface area (TPSA) is 87.0 Å². The molecule has 31 heavy (non-hydrogen) atoms. The van der Waals surface area contributed by atoms with Crippen LogP contribution in [-0.4, -0.2) is 37.9 Å². The summed E-state index contributed by atoms with van der Waals surface area (Å²) in [5, 5.41) is 15.5. The maximum absolute atomic E-state index is 13.2. The van der Waals surface area contributed by atoms with Crippen molar-refractivity contribution in [3.63, 3.8) is 0 Å². The number of hydrogen-bond acceptors (Lipinski definition) is 5. The summed E-state index contributed by atoms with van der Waals surface area (Å²) < 4.78 is 14.9. The normalized spacial score (nSPS) is 12.4. The zero-order chi connectivity index (χ0) is 22.0. The fourth-order valence-corrected chi connectivity index (χ4v) is 3.50. The minimum atomic E-state index is -0.876. The van der Waals surface area contributed by atoms with Gasteiger partial charge in [-0.1, -0.05) is 44.2 Å². The lowest BCUT2D eigenvalue weighted by molar-refractivity contribution is 0.182. The third kappa shape index (κ3) is 4.49. The average molecular weight is 421 g/mol. The van der Waals surface area contributed by atoms with Crippen LogP contribution < -0.4 is 10.5 Å². The van der Waals surface area contributed by atoms with E-state index < -0.39 is 6.10 Å². The molecule has 0 saturated carbocycles. The van der Waals surface area contributed by atoms with Crippen molar-refractivity contribution in [2.24, 2.45) is 5.92 Å². The van der Waals surface area contributed by atoms with Crippen LogP contribution in [0.2, 0.25) is 0 Å². The number of anilines is 1. The summed E-state index contributed by atoms with van der Waals surface area (Å²) in [5.74, 6) is 0.242. The molecule has 0 saturated heterocycles. The number of aliphatic hydroxyl groups is 1. The molecule has 2 aromatic heterocycles. The number of H-pyrrole nitrogens is 1. The second kappa shape index (κ2) is 8.69. The Labute approximate surface area is 178 Å². The van der Waals surface area contributed by atoms with Crippen molar-refractivity contribution in [3.05, 3.63) is 82.5 Å². The van der Waals surface area contributed by atoms with Gasteiger partial charge in [0.15, 0.2) is 5.65 Å². The standard InChI is InChI=1S/C23H24FN5O2/c1-15(2)13-28(14-20(30)16-8-10-17(24)11-9-16)23-26-21-19(22(31)27-23)12-25-29(21)18-6-4-3-5-7-18/h3-12,15,20,30H,13-14H2,1-2H3,(H,26,27,31)/t20-/m0/s1. The Bertz CT molecular complexity index is 1220. The molecule has 0 aliphatic heterocycles. The van der Waals surface area contributed by atoms with E-state index in [0.29, 0.717) is 29.1 Å².